The van der Waals surface area contributed by atoms with Gasteiger partial charge in [-0.05, 0) is 69.4 Å². The summed E-state index contributed by atoms with van der Waals surface area (Å²) in [5, 5.41) is 11.6. The maximum Gasteiger partial charge on any atom is 0.164 e. The number of aromatic nitrogens is 4. The Labute approximate surface area is 320 Å². The lowest BCUT2D eigenvalue weighted by Crippen LogP contribution is -2.00. The highest BCUT2D eigenvalue weighted by Crippen LogP contribution is 2.42. The molecule has 0 N–H and O–H groups in total. The summed E-state index contributed by atoms with van der Waals surface area (Å²) in [6, 6.07) is 63.9. The quantitative estimate of drug-likeness (QED) is 0.182. The summed E-state index contributed by atoms with van der Waals surface area (Å²) in [6.45, 7) is 0. The van der Waals surface area contributed by atoms with Gasteiger partial charge in [0, 0.05) is 49.7 Å². The third kappa shape index (κ3) is 4.71. The van der Waals surface area contributed by atoms with E-state index in [0.717, 1.165) is 66.0 Å². The summed E-state index contributed by atoms with van der Waals surface area (Å²) in [7, 11) is 0. The smallest absolute Gasteiger partial charge is 0.164 e. The van der Waals surface area contributed by atoms with Crippen LogP contribution in [0.5, 0.6) is 0 Å². The van der Waals surface area contributed by atoms with Crippen molar-refractivity contribution in [3.63, 3.8) is 0 Å². The summed E-state index contributed by atoms with van der Waals surface area (Å²) < 4.78 is 9.15. The summed E-state index contributed by atoms with van der Waals surface area (Å²) in [4.78, 5) is 15.2. The second-order valence-corrected chi connectivity index (χ2v) is 14.4. The van der Waals surface area contributed by atoms with E-state index in [1.54, 1.807) is 0 Å². The van der Waals surface area contributed by atoms with Gasteiger partial charge in [0.25, 0.3) is 0 Å². The highest BCUT2D eigenvalue weighted by Gasteiger charge is 2.20. The third-order valence-corrected chi connectivity index (χ3v) is 11.2. The van der Waals surface area contributed by atoms with Gasteiger partial charge < -0.3 is 8.98 Å². The molecular formula is C51H30N4O. The Bertz CT molecular complexity index is 3540. The van der Waals surface area contributed by atoms with E-state index in [4.69, 9.17) is 19.4 Å². The van der Waals surface area contributed by atoms with E-state index < -0.39 is 0 Å². The van der Waals surface area contributed by atoms with Gasteiger partial charge in [-0.25, -0.2) is 15.0 Å². The predicted molar refractivity (Wildman–Crippen MR) is 230 cm³/mol. The van der Waals surface area contributed by atoms with E-state index in [0.29, 0.717) is 17.5 Å². The Morgan fingerprint density at radius 1 is 0.339 bits per heavy atom. The SMILES string of the molecule is c1ccc(-c2nc(-c3ccc4ccccc4c3)nc(-c3ccc4oc5cc(-n6c7ccccc7c7cc8ccccc8cc76)c6ccccc6c5c4c3)n2)cc1. The molecule has 0 spiro atoms. The Morgan fingerprint density at radius 2 is 0.929 bits per heavy atom. The van der Waals surface area contributed by atoms with E-state index in [2.05, 4.69) is 150 Å². The van der Waals surface area contributed by atoms with Crippen LogP contribution in [-0.4, -0.2) is 19.5 Å². The molecule has 0 amide bonds. The minimum Gasteiger partial charge on any atom is -0.456 e. The van der Waals surface area contributed by atoms with Crippen molar-refractivity contribution in [1.82, 2.24) is 19.5 Å². The Kier molecular flexibility index (Phi) is 6.56. The second-order valence-electron chi connectivity index (χ2n) is 14.4. The average molecular weight is 715 g/mol. The molecule has 0 radical (unpaired) electrons. The Morgan fingerprint density at radius 3 is 1.71 bits per heavy atom. The predicted octanol–water partition coefficient (Wildman–Crippen LogP) is 13.3. The van der Waals surface area contributed by atoms with Crippen molar-refractivity contribution in [2.24, 2.45) is 0 Å². The first kappa shape index (κ1) is 30.8. The van der Waals surface area contributed by atoms with Crippen LogP contribution in [-0.2, 0) is 0 Å². The molecule has 0 aliphatic heterocycles. The third-order valence-electron chi connectivity index (χ3n) is 11.2. The van der Waals surface area contributed by atoms with Crippen LogP contribution in [0.25, 0.3) is 116 Å². The molecule has 0 saturated carbocycles. The summed E-state index contributed by atoms with van der Waals surface area (Å²) >= 11 is 0. The number of furan rings is 1. The largest absolute Gasteiger partial charge is 0.456 e. The van der Waals surface area contributed by atoms with Crippen LogP contribution in [0.4, 0.5) is 0 Å². The van der Waals surface area contributed by atoms with Crippen LogP contribution >= 0.6 is 0 Å². The zero-order valence-corrected chi connectivity index (χ0v) is 30.0. The molecule has 0 aliphatic rings. The van der Waals surface area contributed by atoms with Crippen molar-refractivity contribution in [3.8, 4) is 39.9 Å². The van der Waals surface area contributed by atoms with Crippen LogP contribution in [0, 0.1) is 0 Å². The van der Waals surface area contributed by atoms with Gasteiger partial charge in [0.1, 0.15) is 11.2 Å². The minimum absolute atomic E-state index is 0.608. The van der Waals surface area contributed by atoms with E-state index >= 15 is 0 Å². The van der Waals surface area contributed by atoms with Gasteiger partial charge >= 0.3 is 0 Å². The molecule has 3 aromatic heterocycles. The maximum absolute atomic E-state index is 6.74. The van der Waals surface area contributed by atoms with Crippen molar-refractivity contribution in [3.05, 3.63) is 182 Å². The molecule has 12 aromatic rings. The van der Waals surface area contributed by atoms with Gasteiger partial charge in [-0.15, -0.1) is 0 Å². The van der Waals surface area contributed by atoms with Gasteiger partial charge in [-0.3, -0.25) is 0 Å². The van der Waals surface area contributed by atoms with Crippen LogP contribution in [0.1, 0.15) is 0 Å². The van der Waals surface area contributed by atoms with Crippen LogP contribution in [0.3, 0.4) is 0 Å². The topological polar surface area (TPSA) is 56.7 Å². The minimum atomic E-state index is 0.608. The second kappa shape index (κ2) is 11.9. The maximum atomic E-state index is 6.74. The fraction of sp³-hybridized carbons (Fsp3) is 0. The summed E-state index contributed by atoms with van der Waals surface area (Å²) in [5.41, 5.74) is 7.82. The first-order valence-electron chi connectivity index (χ1n) is 18.8. The van der Waals surface area contributed by atoms with Crippen molar-refractivity contribution in [1.29, 1.82) is 0 Å². The zero-order valence-electron chi connectivity index (χ0n) is 30.0. The average Bonchev–Trinajstić information content (AvgIpc) is 3.80. The van der Waals surface area contributed by atoms with Crippen LogP contribution in [0.2, 0.25) is 0 Å². The Hall–Kier alpha value is -7.63. The number of hydrogen-bond acceptors (Lipinski definition) is 4. The van der Waals surface area contributed by atoms with Crippen molar-refractivity contribution in [2.45, 2.75) is 0 Å². The highest BCUT2D eigenvalue weighted by atomic mass is 16.3. The van der Waals surface area contributed by atoms with Gasteiger partial charge in [0.2, 0.25) is 0 Å². The molecule has 9 aromatic carbocycles. The summed E-state index contributed by atoms with van der Waals surface area (Å²) in [5.74, 6) is 1.87. The van der Waals surface area contributed by atoms with Gasteiger partial charge in [0.15, 0.2) is 17.5 Å². The molecule has 12 rings (SSSR count). The van der Waals surface area contributed by atoms with Gasteiger partial charge in [-0.2, -0.15) is 0 Å². The van der Waals surface area contributed by atoms with E-state index in [-0.39, 0.29) is 0 Å². The van der Waals surface area contributed by atoms with Crippen molar-refractivity contribution >= 4 is 76.1 Å². The molecule has 5 heteroatoms. The standard InChI is InChI=1S/C51H30N4O/c1-2-13-32(14-3-1)49-52-50(36-23-22-31-12-4-5-15-33(31)26-36)54-51(53-49)37-24-25-46-42(28-37)48-40-20-9-8-18-38(40)45(30-47(48)56-46)55-43-21-11-10-19-39(43)41-27-34-16-6-7-17-35(34)29-44(41)55/h1-30H. The lowest BCUT2D eigenvalue weighted by Gasteiger charge is -2.13. The lowest BCUT2D eigenvalue weighted by molar-refractivity contribution is 0.669. The number of nitrogens with zero attached hydrogens (tertiary/aromatic N) is 4. The molecule has 0 fully saturated rings. The molecule has 56 heavy (non-hydrogen) atoms. The van der Waals surface area contributed by atoms with Crippen LogP contribution < -0.4 is 0 Å². The molecule has 0 unspecified atom stereocenters. The molecule has 0 bridgehead atoms. The molecule has 260 valence electrons. The fourth-order valence-electron chi connectivity index (χ4n) is 8.54. The van der Waals surface area contributed by atoms with Gasteiger partial charge in [-0.1, -0.05) is 133 Å². The van der Waals surface area contributed by atoms with Gasteiger partial charge in [0.05, 0.1) is 16.7 Å². The Balaban J connectivity index is 1.09. The number of fused-ring (bicyclic) bond motifs is 10. The van der Waals surface area contributed by atoms with Crippen molar-refractivity contribution < 1.29 is 4.42 Å². The number of hydrogen-bond donors (Lipinski definition) is 0. The monoisotopic (exact) mass is 714 g/mol. The van der Waals surface area contributed by atoms with E-state index in [1.807, 2.05) is 36.4 Å². The van der Waals surface area contributed by atoms with E-state index in [9.17, 15) is 0 Å². The summed E-state index contributed by atoms with van der Waals surface area (Å²) in [6.07, 6.45) is 0. The first-order valence-corrected chi connectivity index (χ1v) is 18.8. The number of rotatable bonds is 4. The van der Waals surface area contributed by atoms with Crippen LogP contribution in [0.15, 0.2) is 186 Å². The molecule has 0 aliphatic carbocycles. The molecule has 3 heterocycles. The molecule has 0 atom stereocenters. The molecule has 5 nitrogen and oxygen atoms in total. The number of benzene rings is 9. The van der Waals surface area contributed by atoms with Crippen molar-refractivity contribution in [2.75, 3.05) is 0 Å². The fourth-order valence-corrected chi connectivity index (χ4v) is 8.54. The highest BCUT2D eigenvalue weighted by molar-refractivity contribution is 6.22. The molecule has 0 saturated heterocycles. The zero-order chi connectivity index (χ0) is 36.7. The normalized spacial score (nSPS) is 11.9. The first-order chi connectivity index (χ1) is 27.7. The number of para-hydroxylation sites is 1. The lowest BCUT2D eigenvalue weighted by atomic mass is 10.0. The van der Waals surface area contributed by atoms with E-state index in [1.165, 1.54) is 32.4 Å². The molecular weight excluding hydrogens is 685 g/mol.